The van der Waals surface area contributed by atoms with Gasteiger partial charge in [-0.2, -0.15) is 0 Å². The Balaban J connectivity index is 2.18. The van der Waals surface area contributed by atoms with Crippen LogP contribution in [-0.4, -0.2) is 17.9 Å². The van der Waals surface area contributed by atoms with Crippen molar-refractivity contribution in [3.05, 3.63) is 50.1 Å². The van der Waals surface area contributed by atoms with E-state index < -0.39 is 23.2 Å². The molecule has 0 fully saturated rings. The molecule has 0 saturated carbocycles. The quantitative estimate of drug-likeness (QED) is 0.849. The van der Waals surface area contributed by atoms with Gasteiger partial charge in [-0.05, 0) is 45.1 Å². The zero-order valence-electron chi connectivity index (χ0n) is 10.5. The van der Waals surface area contributed by atoms with Crippen molar-refractivity contribution in [3.8, 4) is 0 Å². The van der Waals surface area contributed by atoms with Gasteiger partial charge in [-0.3, -0.25) is 4.79 Å². The van der Waals surface area contributed by atoms with Crippen LogP contribution in [0.4, 0.5) is 14.5 Å². The number of nitrogens with two attached hydrogens (primary N) is 1. The minimum Gasteiger partial charge on any atom is -0.394 e. The molecule has 20 heavy (non-hydrogen) atoms. The van der Waals surface area contributed by atoms with Gasteiger partial charge in [0, 0.05) is 19.2 Å². The average Bonchev–Trinajstić information content (AvgIpc) is 2.79. The van der Waals surface area contributed by atoms with E-state index in [1.54, 1.807) is 7.05 Å². The summed E-state index contributed by atoms with van der Waals surface area (Å²) < 4.78 is 27.7. The van der Waals surface area contributed by atoms with Crippen LogP contribution in [0.5, 0.6) is 0 Å². The Morgan fingerprint density at radius 2 is 1.95 bits per heavy atom. The van der Waals surface area contributed by atoms with Crippen molar-refractivity contribution in [2.45, 2.75) is 6.54 Å². The molecule has 1 aromatic heterocycles. The SMILES string of the molecule is CN(Cc1csc(Br)c1)C(=O)c1cc(F)c(N)c(F)c1. The van der Waals surface area contributed by atoms with E-state index in [0.717, 1.165) is 21.5 Å². The molecule has 2 N–H and O–H groups in total. The highest BCUT2D eigenvalue weighted by Gasteiger charge is 2.17. The average molecular weight is 361 g/mol. The topological polar surface area (TPSA) is 46.3 Å². The molecule has 0 bridgehead atoms. The largest absolute Gasteiger partial charge is 0.394 e. The van der Waals surface area contributed by atoms with Crippen molar-refractivity contribution < 1.29 is 13.6 Å². The molecule has 2 aromatic rings. The van der Waals surface area contributed by atoms with E-state index >= 15 is 0 Å². The summed E-state index contributed by atoms with van der Waals surface area (Å²) in [4.78, 5) is 13.5. The Hall–Kier alpha value is -1.47. The Labute approximate surface area is 127 Å². The lowest BCUT2D eigenvalue weighted by Gasteiger charge is -2.17. The Morgan fingerprint density at radius 1 is 1.35 bits per heavy atom. The summed E-state index contributed by atoms with van der Waals surface area (Å²) in [5.74, 6) is -2.33. The fraction of sp³-hybridized carbons (Fsp3) is 0.154. The van der Waals surface area contributed by atoms with Gasteiger partial charge in [-0.1, -0.05) is 0 Å². The lowest BCUT2D eigenvalue weighted by molar-refractivity contribution is 0.0784. The zero-order chi connectivity index (χ0) is 14.9. The number of carbonyl (C=O) groups excluding carboxylic acids is 1. The van der Waals surface area contributed by atoms with Crippen LogP contribution in [-0.2, 0) is 6.54 Å². The van der Waals surface area contributed by atoms with E-state index in [1.807, 2.05) is 11.4 Å². The highest BCUT2D eigenvalue weighted by Crippen LogP contribution is 2.23. The Bertz CT molecular complexity index is 637. The zero-order valence-corrected chi connectivity index (χ0v) is 12.9. The molecule has 106 valence electrons. The monoisotopic (exact) mass is 360 g/mol. The minimum atomic E-state index is -0.931. The standard InChI is InChI=1S/C13H11BrF2N2OS/c1-18(5-7-2-11(14)20-6-7)13(19)8-3-9(15)12(17)10(16)4-8/h2-4,6H,5,17H2,1H3. The summed E-state index contributed by atoms with van der Waals surface area (Å²) in [7, 11) is 1.57. The van der Waals surface area contributed by atoms with Crippen molar-refractivity contribution in [1.29, 1.82) is 0 Å². The third-order valence-corrected chi connectivity index (χ3v) is 4.27. The fourth-order valence-corrected chi connectivity index (χ4v) is 2.90. The molecular weight excluding hydrogens is 350 g/mol. The summed E-state index contributed by atoms with van der Waals surface area (Å²) >= 11 is 4.84. The number of anilines is 1. The lowest BCUT2D eigenvalue weighted by atomic mass is 10.1. The van der Waals surface area contributed by atoms with Crippen LogP contribution in [0.25, 0.3) is 0 Å². The lowest BCUT2D eigenvalue weighted by Crippen LogP contribution is -2.26. The molecule has 0 aliphatic rings. The summed E-state index contributed by atoms with van der Waals surface area (Å²) in [6.45, 7) is 0.356. The van der Waals surface area contributed by atoms with Gasteiger partial charge >= 0.3 is 0 Å². The van der Waals surface area contributed by atoms with Crippen LogP contribution < -0.4 is 5.73 Å². The molecule has 0 aliphatic carbocycles. The van der Waals surface area contributed by atoms with Gasteiger partial charge in [0.05, 0.1) is 3.79 Å². The molecule has 0 unspecified atom stereocenters. The van der Waals surface area contributed by atoms with Crippen molar-refractivity contribution in [3.63, 3.8) is 0 Å². The van der Waals surface area contributed by atoms with Crippen molar-refractivity contribution in [2.75, 3.05) is 12.8 Å². The first-order valence-corrected chi connectivity index (χ1v) is 7.28. The van der Waals surface area contributed by atoms with Gasteiger partial charge in [0.15, 0.2) is 0 Å². The second-order valence-electron chi connectivity index (χ2n) is 4.27. The molecule has 1 aromatic carbocycles. The molecule has 0 atom stereocenters. The van der Waals surface area contributed by atoms with E-state index in [0.29, 0.717) is 6.54 Å². The first-order valence-electron chi connectivity index (χ1n) is 5.61. The number of halogens is 3. The summed E-state index contributed by atoms with van der Waals surface area (Å²) in [5, 5.41) is 1.90. The minimum absolute atomic E-state index is 0.0639. The number of hydrogen-bond donors (Lipinski definition) is 1. The van der Waals surface area contributed by atoms with Gasteiger partial charge in [0.25, 0.3) is 5.91 Å². The molecule has 2 rings (SSSR count). The predicted molar refractivity (Wildman–Crippen MR) is 78.6 cm³/mol. The van der Waals surface area contributed by atoms with Crippen LogP contribution in [0.15, 0.2) is 27.4 Å². The smallest absolute Gasteiger partial charge is 0.254 e. The van der Waals surface area contributed by atoms with Gasteiger partial charge in [0.1, 0.15) is 17.3 Å². The number of benzene rings is 1. The van der Waals surface area contributed by atoms with E-state index in [4.69, 9.17) is 5.73 Å². The number of nitrogen functional groups attached to an aromatic ring is 1. The van der Waals surface area contributed by atoms with Crippen LogP contribution >= 0.6 is 27.3 Å². The maximum atomic E-state index is 13.4. The third kappa shape index (κ3) is 3.16. The van der Waals surface area contributed by atoms with E-state index in [-0.39, 0.29) is 5.56 Å². The van der Waals surface area contributed by atoms with Crippen molar-refractivity contribution >= 4 is 38.9 Å². The number of hydrogen-bond acceptors (Lipinski definition) is 3. The highest BCUT2D eigenvalue weighted by molar-refractivity contribution is 9.11. The van der Waals surface area contributed by atoms with Crippen molar-refractivity contribution in [2.24, 2.45) is 0 Å². The molecule has 7 heteroatoms. The Morgan fingerprint density at radius 3 is 2.45 bits per heavy atom. The third-order valence-electron chi connectivity index (χ3n) is 2.71. The normalized spacial score (nSPS) is 10.6. The molecule has 1 heterocycles. The molecular formula is C13H11BrF2N2OS. The maximum absolute atomic E-state index is 13.4. The maximum Gasteiger partial charge on any atom is 0.254 e. The summed E-state index contributed by atoms with van der Waals surface area (Å²) in [6.07, 6.45) is 0. The first kappa shape index (κ1) is 14.9. The van der Waals surface area contributed by atoms with Crippen LogP contribution in [0.3, 0.4) is 0 Å². The molecule has 0 saturated heterocycles. The number of carbonyl (C=O) groups is 1. The number of nitrogens with zero attached hydrogens (tertiary/aromatic N) is 1. The molecule has 0 spiro atoms. The predicted octanol–water partition coefficient (Wildman–Crippen LogP) is 3.64. The van der Waals surface area contributed by atoms with E-state index in [2.05, 4.69) is 15.9 Å². The van der Waals surface area contributed by atoms with Crippen molar-refractivity contribution in [1.82, 2.24) is 4.90 Å². The summed E-state index contributed by atoms with van der Waals surface area (Å²) in [5.41, 5.74) is 5.47. The van der Waals surface area contributed by atoms with Gasteiger partial charge in [0.2, 0.25) is 0 Å². The van der Waals surface area contributed by atoms with Crippen LogP contribution in [0.1, 0.15) is 15.9 Å². The highest BCUT2D eigenvalue weighted by atomic mass is 79.9. The number of amides is 1. The second-order valence-corrected chi connectivity index (χ2v) is 6.56. The summed E-state index contributed by atoms with van der Waals surface area (Å²) in [6, 6.07) is 3.78. The van der Waals surface area contributed by atoms with E-state index in [1.165, 1.54) is 16.2 Å². The molecule has 3 nitrogen and oxygen atoms in total. The van der Waals surface area contributed by atoms with Crippen LogP contribution in [0, 0.1) is 11.6 Å². The number of thiophene rings is 1. The molecule has 0 radical (unpaired) electrons. The van der Waals surface area contributed by atoms with Gasteiger partial charge < -0.3 is 10.6 Å². The Kier molecular flexibility index (Phi) is 4.39. The molecule has 0 aliphatic heterocycles. The number of rotatable bonds is 3. The van der Waals surface area contributed by atoms with Crippen LogP contribution in [0.2, 0.25) is 0 Å². The van der Waals surface area contributed by atoms with Gasteiger partial charge in [-0.15, -0.1) is 11.3 Å². The first-order chi connectivity index (χ1) is 9.38. The second kappa shape index (κ2) is 5.88. The fourth-order valence-electron chi connectivity index (χ4n) is 1.70. The van der Waals surface area contributed by atoms with Gasteiger partial charge in [-0.25, -0.2) is 8.78 Å². The molecule has 1 amide bonds. The van der Waals surface area contributed by atoms with E-state index in [9.17, 15) is 13.6 Å².